The van der Waals surface area contributed by atoms with Crippen LogP contribution in [0.2, 0.25) is 0 Å². The van der Waals surface area contributed by atoms with Crippen LogP contribution in [0.15, 0.2) is 18.2 Å². The average Bonchev–Trinajstić information content (AvgIpc) is 2.93. The Morgan fingerprint density at radius 2 is 2.15 bits per heavy atom. The van der Waals surface area contributed by atoms with Crippen molar-refractivity contribution < 1.29 is 4.79 Å². The fraction of sp³-hybridized carbons (Fsp3) is 0.562. The molecule has 1 N–H and O–H groups in total. The summed E-state index contributed by atoms with van der Waals surface area (Å²) in [6.45, 7) is 6.00. The Morgan fingerprint density at radius 3 is 2.95 bits per heavy atom. The van der Waals surface area contributed by atoms with E-state index in [0.717, 1.165) is 36.4 Å². The van der Waals surface area contributed by atoms with E-state index in [1.807, 2.05) is 37.1 Å². The van der Waals surface area contributed by atoms with Crippen molar-refractivity contribution in [2.24, 2.45) is 0 Å². The van der Waals surface area contributed by atoms with Gasteiger partial charge in [-0.15, -0.1) is 0 Å². The van der Waals surface area contributed by atoms with E-state index in [-0.39, 0.29) is 5.91 Å². The SMILES string of the molecule is CNc1ccc(C)cc1C(=O)N1CCN2CCCC2C1. The van der Waals surface area contributed by atoms with Crippen molar-refractivity contribution in [2.75, 3.05) is 38.5 Å². The topological polar surface area (TPSA) is 35.6 Å². The molecule has 2 aliphatic heterocycles. The van der Waals surface area contributed by atoms with E-state index in [1.54, 1.807) is 0 Å². The summed E-state index contributed by atoms with van der Waals surface area (Å²) in [6, 6.07) is 6.61. The molecule has 4 heteroatoms. The molecule has 1 aromatic rings. The maximum Gasteiger partial charge on any atom is 0.256 e. The van der Waals surface area contributed by atoms with Gasteiger partial charge in [-0.05, 0) is 38.4 Å². The molecule has 1 aromatic carbocycles. The number of anilines is 1. The number of amides is 1. The number of aryl methyl sites for hydroxylation is 1. The number of piperazine rings is 1. The predicted molar refractivity (Wildman–Crippen MR) is 81.2 cm³/mol. The second kappa shape index (κ2) is 5.44. The predicted octanol–water partition coefficient (Wildman–Crippen LogP) is 1.96. The third-order valence-electron chi connectivity index (χ3n) is 4.55. The highest BCUT2D eigenvalue weighted by molar-refractivity contribution is 5.99. The first-order valence-corrected chi connectivity index (χ1v) is 7.51. The highest BCUT2D eigenvalue weighted by atomic mass is 16.2. The number of rotatable bonds is 2. The number of carbonyl (C=O) groups excluding carboxylic acids is 1. The molecule has 2 fully saturated rings. The Bertz CT molecular complexity index is 514. The van der Waals surface area contributed by atoms with Crippen LogP contribution in [0.25, 0.3) is 0 Å². The summed E-state index contributed by atoms with van der Waals surface area (Å²) in [4.78, 5) is 17.3. The van der Waals surface area contributed by atoms with E-state index in [2.05, 4.69) is 10.2 Å². The molecule has 2 heterocycles. The Hall–Kier alpha value is -1.55. The summed E-state index contributed by atoms with van der Waals surface area (Å²) in [5.41, 5.74) is 2.86. The van der Waals surface area contributed by atoms with Crippen molar-refractivity contribution in [3.8, 4) is 0 Å². The zero-order chi connectivity index (χ0) is 14.1. The van der Waals surface area contributed by atoms with Crippen LogP contribution in [0, 0.1) is 6.92 Å². The second-order valence-corrected chi connectivity index (χ2v) is 5.88. The Labute approximate surface area is 120 Å². The second-order valence-electron chi connectivity index (χ2n) is 5.88. The minimum Gasteiger partial charge on any atom is -0.387 e. The van der Waals surface area contributed by atoms with Crippen molar-refractivity contribution >= 4 is 11.6 Å². The van der Waals surface area contributed by atoms with Gasteiger partial charge in [0.15, 0.2) is 0 Å². The summed E-state index contributed by atoms with van der Waals surface area (Å²) in [6.07, 6.45) is 2.51. The van der Waals surface area contributed by atoms with Gasteiger partial charge in [-0.3, -0.25) is 9.69 Å². The van der Waals surface area contributed by atoms with Crippen molar-refractivity contribution in [1.82, 2.24) is 9.80 Å². The van der Waals surface area contributed by atoms with Crippen LogP contribution in [-0.4, -0.2) is 55.0 Å². The molecule has 108 valence electrons. The van der Waals surface area contributed by atoms with E-state index in [4.69, 9.17) is 0 Å². The lowest BCUT2D eigenvalue weighted by Gasteiger charge is -2.37. The molecule has 2 aliphatic rings. The molecule has 1 atom stereocenters. The van der Waals surface area contributed by atoms with Gasteiger partial charge in [0.25, 0.3) is 5.91 Å². The summed E-state index contributed by atoms with van der Waals surface area (Å²) in [5.74, 6) is 0.171. The molecule has 0 saturated carbocycles. The van der Waals surface area contributed by atoms with Gasteiger partial charge in [0, 0.05) is 38.4 Å². The monoisotopic (exact) mass is 273 g/mol. The van der Waals surface area contributed by atoms with Gasteiger partial charge in [-0.2, -0.15) is 0 Å². The van der Waals surface area contributed by atoms with Gasteiger partial charge in [0.1, 0.15) is 0 Å². The smallest absolute Gasteiger partial charge is 0.256 e. The number of nitrogens with zero attached hydrogens (tertiary/aromatic N) is 2. The van der Waals surface area contributed by atoms with Crippen molar-refractivity contribution in [1.29, 1.82) is 0 Å². The maximum atomic E-state index is 12.8. The van der Waals surface area contributed by atoms with Crippen molar-refractivity contribution in [3.63, 3.8) is 0 Å². The van der Waals surface area contributed by atoms with Crippen LogP contribution in [0.5, 0.6) is 0 Å². The molecule has 0 radical (unpaired) electrons. The van der Waals surface area contributed by atoms with Gasteiger partial charge in [-0.25, -0.2) is 0 Å². The Balaban J connectivity index is 1.80. The van der Waals surface area contributed by atoms with Gasteiger partial charge < -0.3 is 10.2 Å². The zero-order valence-corrected chi connectivity index (χ0v) is 12.4. The number of carbonyl (C=O) groups is 1. The summed E-state index contributed by atoms with van der Waals surface area (Å²) in [5, 5.41) is 3.13. The van der Waals surface area contributed by atoms with E-state index in [1.165, 1.54) is 19.4 Å². The summed E-state index contributed by atoms with van der Waals surface area (Å²) < 4.78 is 0. The average molecular weight is 273 g/mol. The van der Waals surface area contributed by atoms with Crippen molar-refractivity contribution in [2.45, 2.75) is 25.8 Å². The first-order chi connectivity index (χ1) is 9.69. The zero-order valence-electron chi connectivity index (χ0n) is 12.4. The van der Waals surface area contributed by atoms with Gasteiger partial charge in [0.2, 0.25) is 0 Å². The molecule has 0 aliphatic carbocycles. The highest BCUT2D eigenvalue weighted by Crippen LogP contribution is 2.24. The minimum absolute atomic E-state index is 0.171. The molecule has 20 heavy (non-hydrogen) atoms. The van der Waals surface area contributed by atoms with E-state index in [0.29, 0.717) is 6.04 Å². The Morgan fingerprint density at radius 1 is 1.30 bits per heavy atom. The van der Waals surface area contributed by atoms with Gasteiger partial charge >= 0.3 is 0 Å². The number of hydrogen-bond acceptors (Lipinski definition) is 3. The molecule has 0 aromatic heterocycles. The fourth-order valence-electron chi connectivity index (χ4n) is 3.40. The van der Waals surface area contributed by atoms with Crippen molar-refractivity contribution in [3.05, 3.63) is 29.3 Å². The van der Waals surface area contributed by atoms with Crippen LogP contribution in [0.4, 0.5) is 5.69 Å². The molecule has 1 unspecified atom stereocenters. The number of hydrogen-bond donors (Lipinski definition) is 1. The third-order valence-corrected chi connectivity index (χ3v) is 4.55. The molecule has 1 amide bonds. The van der Waals surface area contributed by atoms with Crippen LogP contribution in [-0.2, 0) is 0 Å². The molecule has 4 nitrogen and oxygen atoms in total. The molecule has 2 saturated heterocycles. The Kier molecular flexibility index (Phi) is 3.66. The number of nitrogens with one attached hydrogen (secondary N) is 1. The van der Waals surface area contributed by atoms with E-state index >= 15 is 0 Å². The normalized spacial score (nSPS) is 22.7. The third kappa shape index (κ3) is 2.40. The molecular weight excluding hydrogens is 250 g/mol. The first-order valence-electron chi connectivity index (χ1n) is 7.51. The lowest BCUT2D eigenvalue weighted by Crippen LogP contribution is -2.52. The maximum absolute atomic E-state index is 12.8. The van der Waals surface area contributed by atoms with Gasteiger partial charge in [0.05, 0.1) is 5.56 Å². The first kappa shape index (κ1) is 13.4. The molecule has 0 spiro atoms. The quantitative estimate of drug-likeness (QED) is 0.894. The van der Waals surface area contributed by atoms with Crippen LogP contribution in [0.1, 0.15) is 28.8 Å². The standard InChI is InChI=1S/C16H23N3O/c1-12-5-6-15(17-2)14(10-12)16(20)19-9-8-18-7-3-4-13(18)11-19/h5-6,10,13,17H,3-4,7-9,11H2,1-2H3. The highest BCUT2D eigenvalue weighted by Gasteiger charge is 2.33. The van der Waals surface area contributed by atoms with Gasteiger partial charge in [-0.1, -0.05) is 11.6 Å². The number of benzene rings is 1. The van der Waals surface area contributed by atoms with E-state index in [9.17, 15) is 4.79 Å². The lowest BCUT2D eigenvalue weighted by atomic mass is 10.1. The summed E-state index contributed by atoms with van der Waals surface area (Å²) in [7, 11) is 1.87. The number of fused-ring (bicyclic) bond motifs is 1. The lowest BCUT2D eigenvalue weighted by molar-refractivity contribution is 0.0572. The van der Waals surface area contributed by atoms with Crippen LogP contribution in [0.3, 0.4) is 0 Å². The van der Waals surface area contributed by atoms with E-state index < -0.39 is 0 Å². The largest absolute Gasteiger partial charge is 0.387 e. The molecule has 3 rings (SSSR count). The summed E-state index contributed by atoms with van der Waals surface area (Å²) >= 11 is 0. The minimum atomic E-state index is 0.171. The molecule has 0 bridgehead atoms. The molecular formula is C16H23N3O. The van der Waals surface area contributed by atoms with Crippen LogP contribution >= 0.6 is 0 Å². The van der Waals surface area contributed by atoms with Crippen LogP contribution < -0.4 is 5.32 Å². The fourth-order valence-corrected chi connectivity index (χ4v) is 3.40.